The van der Waals surface area contributed by atoms with Gasteiger partial charge in [-0.2, -0.15) is 0 Å². The number of ether oxygens (including phenoxy) is 2. The molecule has 0 aliphatic heterocycles. The molecule has 0 saturated carbocycles. The minimum Gasteiger partial charge on any atom is -0.450 e. The summed E-state index contributed by atoms with van der Waals surface area (Å²) in [5.41, 5.74) is 4.80. The Kier molecular flexibility index (Phi) is 11.6. The highest BCUT2D eigenvalue weighted by Gasteiger charge is 1.94. The van der Waals surface area contributed by atoms with E-state index in [1.165, 1.54) is 12.8 Å². The molecule has 0 atom stereocenters. The molecule has 96 valence electrons. The minimum absolute atomic E-state index is 0.337. The molecule has 0 radical (unpaired) electrons. The molecule has 5 heteroatoms. The first-order valence-electron chi connectivity index (χ1n) is 5.98. The van der Waals surface area contributed by atoms with Gasteiger partial charge < -0.3 is 20.5 Å². The molecule has 0 aromatic heterocycles. The van der Waals surface area contributed by atoms with Gasteiger partial charge in [-0.15, -0.1) is 0 Å². The van der Waals surface area contributed by atoms with E-state index in [1.54, 1.807) is 0 Å². The lowest BCUT2D eigenvalue weighted by Gasteiger charge is -2.05. The van der Waals surface area contributed by atoms with Crippen LogP contribution in [-0.4, -0.2) is 39.0 Å². The predicted molar refractivity (Wildman–Crippen MR) is 63.4 cm³/mol. The van der Waals surface area contributed by atoms with Crippen LogP contribution in [0.1, 0.15) is 32.6 Å². The van der Waals surface area contributed by atoms with Crippen molar-refractivity contribution in [1.82, 2.24) is 5.32 Å². The number of hydrogen-bond acceptors (Lipinski definition) is 4. The molecule has 0 rings (SSSR count). The fourth-order valence-corrected chi connectivity index (χ4v) is 1.16. The van der Waals surface area contributed by atoms with E-state index in [9.17, 15) is 4.79 Å². The van der Waals surface area contributed by atoms with Gasteiger partial charge in [0, 0.05) is 19.6 Å². The number of hydrogen-bond donors (Lipinski definition) is 2. The van der Waals surface area contributed by atoms with Crippen LogP contribution in [0.4, 0.5) is 4.79 Å². The van der Waals surface area contributed by atoms with Crippen molar-refractivity contribution in [3.8, 4) is 0 Å². The molecule has 1 amide bonds. The molecule has 0 heterocycles. The van der Waals surface area contributed by atoms with Crippen LogP contribution in [0.2, 0.25) is 0 Å². The molecule has 0 aromatic rings. The van der Waals surface area contributed by atoms with Crippen molar-refractivity contribution in [3.05, 3.63) is 0 Å². The molecule has 0 spiro atoms. The fraction of sp³-hybridized carbons (Fsp3) is 0.909. The van der Waals surface area contributed by atoms with Crippen LogP contribution in [0.15, 0.2) is 0 Å². The monoisotopic (exact) mass is 232 g/mol. The van der Waals surface area contributed by atoms with Crippen molar-refractivity contribution in [2.45, 2.75) is 32.6 Å². The molecule has 0 aliphatic carbocycles. The summed E-state index contributed by atoms with van der Waals surface area (Å²) in [4.78, 5) is 10.2. The molecule has 0 fully saturated rings. The second-order valence-electron chi connectivity index (χ2n) is 3.59. The molecule has 5 nitrogen and oxygen atoms in total. The van der Waals surface area contributed by atoms with Gasteiger partial charge in [0.2, 0.25) is 0 Å². The zero-order valence-electron chi connectivity index (χ0n) is 10.2. The maximum atomic E-state index is 10.2. The molecule has 16 heavy (non-hydrogen) atoms. The van der Waals surface area contributed by atoms with Gasteiger partial charge in [0.05, 0.1) is 6.61 Å². The summed E-state index contributed by atoms with van der Waals surface area (Å²) in [6.45, 7) is 5.96. The van der Waals surface area contributed by atoms with E-state index in [0.717, 1.165) is 26.1 Å². The zero-order chi connectivity index (χ0) is 12.1. The summed E-state index contributed by atoms with van der Waals surface area (Å²) in [7, 11) is 0. The van der Waals surface area contributed by atoms with E-state index < -0.39 is 6.09 Å². The van der Waals surface area contributed by atoms with Gasteiger partial charge in [-0.25, -0.2) is 4.79 Å². The zero-order valence-corrected chi connectivity index (χ0v) is 10.2. The standard InChI is InChI=1S/C11H24N2O3/c1-2-3-6-13-7-4-8-15-9-5-10-16-11(12)14/h13H,2-10H2,1H3,(H2,12,14). The van der Waals surface area contributed by atoms with Gasteiger partial charge in [-0.3, -0.25) is 0 Å². The SMILES string of the molecule is CCCCNCCCOCCCOC(N)=O. The van der Waals surface area contributed by atoms with E-state index in [1.807, 2.05) is 0 Å². The Morgan fingerprint density at radius 3 is 2.50 bits per heavy atom. The van der Waals surface area contributed by atoms with Gasteiger partial charge in [0.25, 0.3) is 0 Å². The molecule has 0 unspecified atom stereocenters. The third-order valence-electron chi connectivity index (χ3n) is 2.03. The molecule has 3 N–H and O–H groups in total. The van der Waals surface area contributed by atoms with E-state index >= 15 is 0 Å². The first-order valence-corrected chi connectivity index (χ1v) is 5.98. The average molecular weight is 232 g/mol. The largest absolute Gasteiger partial charge is 0.450 e. The Labute approximate surface area is 97.7 Å². The Balaban J connectivity index is 2.90. The number of amides is 1. The van der Waals surface area contributed by atoms with Gasteiger partial charge in [-0.1, -0.05) is 13.3 Å². The summed E-state index contributed by atoms with van der Waals surface area (Å²) >= 11 is 0. The van der Waals surface area contributed by atoms with Gasteiger partial charge in [0.15, 0.2) is 0 Å². The van der Waals surface area contributed by atoms with Crippen molar-refractivity contribution < 1.29 is 14.3 Å². The van der Waals surface area contributed by atoms with E-state index in [-0.39, 0.29) is 0 Å². The van der Waals surface area contributed by atoms with Crippen LogP contribution in [0.5, 0.6) is 0 Å². The number of nitrogens with one attached hydrogen (secondary N) is 1. The van der Waals surface area contributed by atoms with Gasteiger partial charge in [0.1, 0.15) is 0 Å². The van der Waals surface area contributed by atoms with Crippen LogP contribution in [0.3, 0.4) is 0 Å². The van der Waals surface area contributed by atoms with E-state index in [4.69, 9.17) is 10.5 Å². The summed E-state index contributed by atoms with van der Waals surface area (Å²) in [5, 5.41) is 3.34. The summed E-state index contributed by atoms with van der Waals surface area (Å²) in [5.74, 6) is 0. The van der Waals surface area contributed by atoms with Crippen molar-refractivity contribution >= 4 is 6.09 Å². The smallest absolute Gasteiger partial charge is 0.404 e. The summed E-state index contributed by atoms with van der Waals surface area (Å²) < 4.78 is 9.91. The lowest BCUT2D eigenvalue weighted by molar-refractivity contribution is 0.103. The van der Waals surface area contributed by atoms with Crippen molar-refractivity contribution in [2.75, 3.05) is 32.9 Å². The van der Waals surface area contributed by atoms with Crippen molar-refractivity contribution in [2.24, 2.45) is 5.73 Å². The first-order chi connectivity index (χ1) is 7.77. The van der Waals surface area contributed by atoms with Gasteiger partial charge in [-0.05, 0) is 25.9 Å². The molecular weight excluding hydrogens is 208 g/mol. The average Bonchev–Trinajstić information content (AvgIpc) is 2.25. The number of carbonyl (C=O) groups excluding carboxylic acids is 1. The number of nitrogens with two attached hydrogens (primary N) is 1. The lowest BCUT2D eigenvalue weighted by Crippen LogP contribution is -2.18. The summed E-state index contributed by atoms with van der Waals surface area (Å²) in [6.07, 6.45) is 3.45. The highest BCUT2D eigenvalue weighted by Crippen LogP contribution is 1.88. The van der Waals surface area contributed by atoms with Crippen LogP contribution in [-0.2, 0) is 9.47 Å². The van der Waals surface area contributed by atoms with Gasteiger partial charge >= 0.3 is 6.09 Å². The number of rotatable bonds is 11. The minimum atomic E-state index is -0.722. The number of carbonyl (C=O) groups is 1. The molecular formula is C11H24N2O3. The lowest BCUT2D eigenvalue weighted by atomic mass is 10.3. The summed E-state index contributed by atoms with van der Waals surface area (Å²) in [6, 6.07) is 0. The highest BCUT2D eigenvalue weighted by atomic mass is 16.5. The third-order valence-corrected chi connectivity index (χ3v) is 2.03. The quantitative estimate of drug-likeness (QED) is 0.526. The molecule has 0 saturated heterocycles. The van der Waals surface area contributed by atoms with Crippen LogP contribution in [0, 0.1) is 0 Å². The van der Waals surface area contributed by atoms with Crippen LogP contribution < -0.4 is 11.1 Å². The third kappa shape index (κ3) is 13.2. The number of unbranched alkanes of at least 4 members (excludes halogenated alkanes) is 1. The van der Waals surface area contributed by atoms with E-state index in [0.29, 0.717) is 19.6 Å². The van der Waals surface area contributed by atoms with Crippen molar-refractivity contribution in [3.63, 3.8) is 0 Å². The second-order valence-corrected chi connectivity index (χ2v) is 3.59. The Morgan fingerprint density at radius 2 is 1.81 bits per heavy atom. The Morgan fingerprint density at radius 1 is 1.12 bits per heavy atom. The Bertz CT molecular complexity index is 165. The highest BCUT2D eigenvalue weighted by molar-refractivity contribution is 5.64. The normalized spacial score (nSPS) is 10.3. The first kappa shape index (κ1) is 15.2. The van der Waals surface area contributed by atoms with Crippen molar-refractivity contribution in [1.29, 1.82) is 0 Å². The molecule has 0 aromatic carbocycles. The second kappa shape index (κ2) is 12.3. The molecule has 0 bridgehead atoms. The maximum absolute atomic E-state index is 10.2. The molecule has 0 aliphatic rings. The Hall–Kier alpha value is -0.810. The van der Waals surface area contributed by atoms with E-state index in [2.05, 4.69) is 17.0 Å². The van der Waals surface area contributed by atoms with Crippen LogP contribution in [0.25, 0.3) is 0 Å². The maximum Gasteiger partial charge on any atom is 0.404 e. The topological polar surface area (TPSA) is 73.6 Å². The number of primary amides is 1. The predicted octanol–water partition coefficient (Wildman–Crippen LogP) is 1.27. The fourth-order valence-electron chi connectivity index (χ4n) is 1.16. The van der Waals surface area contributed by atoms with Crippen LogP contribution >= 0.6 is 0 Å².